The van der Waals surface area contributed by atoms with Crippen molar-refractivity contribution in [2.45, 2.75) is 25.5 Å². The molecule has 2 heterocycles. The summed E-state index contributed by atoms with van der Waals surface area (Å²) in [4.78, 5) is 0. The maximum Gasteiger partial charge on any atom is 0.151 e. The van der Waals surface area contributed by atoms with Crippen LogP contribution in [0, 0.1) is 7.27 Å². The van der Waals surface area contributed by atoms with E-state index in [4.69, 9.17) is 4.74 Å². The zero-order valence-corrected chi connectivity index (χ0v) is 11.4. The van der Waals surface area contributed by atoms with Crippen LogP contribution in [0.5, 0.6) is 0 Å². The van der Waals surface area contributed by atoms with Crippen LogP contribution in [0.1, 0.15) is 25.5 Å². The van der Waals surface area contributed by atoms with Gasteiger partial charge >= 0.3 is 0 Å². The maximum atomic E-state index is 5.65. The Morgan fingerprint density at radius 2 is 2.31 bits per heavy atom. The molecule has 0 aromatic carbocycles. The van der Waals surface area contributed by atoms with Crippen molar-refractivity contribution in [1.82, 2.24) is 9.78 Å². The van der Waals surface area contributed by atoms with Crippen LogP contribution >= 0.6 is 45.2 Å². The largest absolute Gasteiger partial charge is 0.356 e. The first kappa shape index (κ1) is 10.2. The van der Waals surface area contributed by atoms with Crippen LogP contribution in [-0.2, 0) is 4.74 Å². The third-order valence-corrected chi connectivity index (χ3v) is 5.02. The van der Waals surface area contributed by atoms with Crippen LogP contribution in [0.25, 0.3) is 0 Å². The van der Waals surface area contributed by atoms with Crippen LogP contribution in [-0.4, -0.2) is 16.4 Å². The molecule has 0 bridgehead atoms. The molecule has 0 radical (unpaired) electrons. The zero-order chi connectivity index (χ0) is 9.26. The van der Waals surface area contributed by atoms with E-state index in [2.05, 4.69) is 50.3 Å². The number of hydrogen-bond donors (Lipinski definition) is 0. The summed E-state index contributed by atoms with van der Waals surface area (Å²) in [7, 11) is 0. The smallest absolute Gasteiger partial charge is 0.151 e. The topological polar surface area (TPSA) is 27.1 Å². The van der Waals surface area contributed by atoms with Gasteiger partial charge in [-0.1, -0.05) is 0 Å². The minimum atomic E-state index is 0.171. The summed E-state index contributed by atoms with van der Waals surface area (Å²) in [6.45, 7) is 0.872. The molecule has 0 aliphatic carbocycles. The molecule has 5 heteroatoms. The summed E-state index contributed by atoms with van der Waals surface area (Å²) in [5, 5.41) is 4.32. The first-order valence-corrected chi connectivity index (χ1v) is 6.45. The molecule has 1 aliphatic rings. The molecule has 0 spiro atoms. The van der Waals surface area contributed by atoms with E-state index in [0.717, 1.165) is 13.0 Å². The van der Waals surface area contributed by atoms with Crippen LogP contribution < -0.4 is 0 Å². The van der Waals surface area contributed by atoms with Crippen LogP contribution in [0.2, 0.25) is 0 Å². The summed E-state index contributed by atoms with van der Waals surface area (Å²) in [6.07, 6.45) is 5.58. The van der Waals surface area contributed by atoms with Gasteiger partial charge in [0.1, 0.15) is 3.70 Å². The van der Waals surface area contributed by atoms with E-state index >= 15 is 0 Å². The monoisotopic (exact) mass is 404 g/mol. The average molecular weight is 404 g/mol. The van der Waals surface area contributed by atoms with Crippen molar-refractivity contribution in [1.29, 1.82) is 0 Å². The molecule has 1 atom stereocenters. The summed E-state index contributed by atoms with van der Waals surface area (Å²) >= 11 is 4.61. The molecule has 0 amide bonds. The van der Waals surface area contributed by atoms with E-state index in [1.165, 1.54) is 20.1 Å². The van der Waals surface area contributed by atoms with E-state index in [9.17, 15) is 0 Å². The van der Waals surface area contributed by atoms with Crippen molar-refractivity contribution in [3.8, 4) is 0 Å². The molecule has 1 aromatic heterocycles. The van der Waals surface area contributed by atoms with Gasteiger partial charge in [-0.25, -0.2) is 4.68 Å². The SMILES string of the molecule is Ic1cnn([C@H]2CCCCO2)c1I. The highest BCUT2D eigenvalue weighted by atomic mass is 127. The lowest BCUT2D eigenvalue weighted by molar-refractivity contribution is -0.0411. The number of ether oxygens (including phenoxy) is 1. The average Bonchev–Trinajstić information content (AvgIpc) is 2.49. The second-order valence-corrected chi connectivity index (χ2v) is 5.23. The third kappa shape index (κ3) is 2.17. The van der Waals surface area contributed by atoms with Crippen LogP contribution in [0.4, 0.5) is 0 Å². The van der Waals surface area contributed by atoms with Gasteiger partial charge in [0, 0.05) is 6.61 Å². The lowest BCUT2D eigenvalue weighted by atomic mass is 10.2. The van der Waals surface area contributed by atoms with Gasteiger partial charge in [0.2, 0.25) is 0 Å². The Balaban J connectivity index is 2.18. The molecule has 0 saturated carbocycles. The molecule has 13 heavy (non-hydrogen) atoms. The summed E-state index contributed by atoms with van der Waals surface area (Å²) in [5.74, 6) is 0. The van der Waals surface area contributed by atoms with E-state index in [1.807, 2.05) is 10.9 Å². The fourth-order valence-corrected chi connectivity index (χ4v) is 2.39. The normalized spacial score (nSPS) is 23.4. The van der Waals surface area contributed by atoms with Crippen molar-refractivity contribution in [3.05, 3.63) is 13.5 Å². The van der Waals surface area contributed by atoms with Crippen molar-refractivity contribution in [2.24, 2.45) is 0 Å². The second-order valence-electron chi connectivity index (χ2n) is 3.05. The highest BCUT2D eigenvalue weighted by Crippen LogP contribution is 2.25. The Labute approximate surface area is 104 Å². The second kappa shape index (κ2) is 4.43. The highest BCUT2D eigenvalue weighted by molar-refractivity contribution is 14.1. The predicted molar refractivity (Wildman–Crippen MR) is 66.5 cm³/mol. The van der Waals surface area contributed by atoms with Crippen molar-refractivity contribution in [3.63, 3.8) is 0 Å². The van der Waals surface area contributed by atoms with Gasteiger partial charge in [-0.2, -0.15) is 5.10 Å². The highest BCUT2D eigenvalue weighted by Gasteiger charge is 2.19. The van der Waals surface area contributed by atoms with Gasteiger partial charge in [0.25, 0.3) is 0 Å². The minimum absolute atomic E-state index is 0.171. The fraction of sp³-hybridized carbons (Fsp3) is 0.625. The van der Waals surface area contributed by atoms with Gasteiger partial charge in [-0.3, -0.25) is 0 Å². The lowest BCUT2D eigenvalue weighted by Crippen LogP contribution is -2.20. The number of rotatable bonds is 1. The zero-order valence-electron chi connectivity index (χ0n) is 7.04. The Morgan fingerprint density at radius 3 is 2.85 bits per heavy atom. The van der Waals surface area contributed by atoms with E-state index in [-0.39, 0.29) is 6.23 Å². The van der Waals surface area contributed by atoms with Gasteiger partial charge in [-0.15, -0.1) is 0 Å². The predicted octanol–water partition coefficient (Wildman–Crippen LogP) is 2.79. The Bertz CT molecular complexity index is 294. The lowest BCUT2D eigenvalue weighted by Gasteiger charge is -2.23. The molecular weight excluding hydrogens is 394 g/mol. The van der Waals surface area contributed by atoms with Crippen molar-refractivity contribution >= 4 is 45.2 Å². The number of halogens is 2. The molecule has 0 N–H and O–H groups in total. The number of aromatic nitrogens is 2. The molecule has 0 unspecified atom stereocenters. The van der Waals surface area contributed by atoms with E-state index in [0.29, 0.717) is 0 Å². The molecule has 72 valence electrons. The van der Waals surface area contributed by atoms with Crippen LogP contribution in [0.15, 0.2) is 6.20 Å². The number of nitrogens with zero attached hydrogens (tertiary/aromatic N) is 2. The van der Waals surface area contributed by atoms with Gasteiger partial charge < -0.3 is 4.74 Å². The van der Waals surface area contributed by atoms with Crippen molar-refractivity contribution in [2.75, 3.05) is 6.61 Å². The summed E-state index contributed by atoms with van der Waals surface area (Å²) < 4.78 is 10.0. The first-order valence-electron chi connectivity index (χ1n) is 4.29. The van der Waals surface area contributed by atoms with E-state index in [1.54, 1.807) is 0 Å². The standard InChI is InChI=1S/C8H10I2N2O/c9-6-5-11-12(8(6)10)7-3-1-2-4-13-7/h5,7H,1-4H2/t7-/m1/s1. The van der Waals surface area contributed by atoms with Crippen molar-refractivity contribution < 1.29 is 4.74 Å². The Morgan fingerprint density at radius 1 is 1.46 bits per heavy atom. The molecule has 3 nitrogen and oxygen atoms in total. The Hall–Kier alpha value is 0.630. The fourth-order valence-electron chi connectivity index (χ4n) is 1.44. The third-order valence-electron chi connectivity index (χ3n) is 2.12. The van der Waals surface area contributed by atoms with Gasteiger partial charge in [0.15, 0.2) is 6.23 Å². The molecule has 1 aromatic rings. The van der Waals surface area contributed by atoms with Gasteiger partial charge in [0.05, 0.1) is 9.77 Å². The van der Waals surface area contributed by atoms with Crippen LogP contribution in [0.3, 0.4) is 0 Å². The molecule has 2 rings (SSSR count). The summed E-state index contributed by atoms with van der Waals surface area (Å²) in [6, 6.07) is 0. The minimum Gasteiger partial charge on any atom is -0.356 e. The molecule has 1 aliphatic heterocycles. The quantitative estimate of drug-likeness (QED) is 0.674. The maximum absolute atomic E-state index is 5.65. The summed E-state index contributed by atoms with van der Waals surface area (Å²) in [5.41, 5.74) is 0. The molecule has 1 fully saturated rings. The molecule has 1 saturated heterocycles. The van der Waals surface area contributed by atoms with E-state index < -0.39 is 0 Å². The number of hydrogen-bond acceptors (Lipinski definition) is 2. The van der Waals surface area contributed by atoms with Gasteiger partial charge in [-0.05, 0) is 64.4 Å². The Kier molecular flexibility index (Phi) is 3.46. The first-order chi connectivity index (χ1) is 6.29. The molecular formula is C8H10I2N2O.